The molecule has 348 valence electrons. The zero-order valence-electron chi connectivity index (χ0n) is 39.0. The zero-order valence-corrected chi connectivity index (χ0v) is 41.1. The third-order valence-electron chi connectivity index (χ3n) is 14.0. The summed E-state index contributed by atoms with van der Waals surface area (Å²) in [7, 11) is 0. The summed E-state index contributed by atoms with van der Waals surface area (Å²) in [5, 5.41) is 27.9. The molecule has 0 aliphatic carbocycles. The SMILES string of the molecule is Cc1cc(-c2ccc(F)c(F)c2)c(O)c(-n2c3ccccc3c3cc(O[CH2][Ge]([CH2]Oc4cc(F)c(F)cc4-c4cc(C)cc(-n5c6ccccc6c6ccccc65)c4O)([CH](C)C)[CH](C)C)ccc32)c1. The maximum atomic E-state index is 15.4. The molecule has 0 atom stereocenters. The number of benzene rings is 8. The van der Waals surface area contributed by atoms with Crippen LogP contribution in [0.2, 0.25) is 9.50 Å². The van der Waals surface area contributed by atoms with Crippen LogP contribution in [-0.2, 0) is 0 Å². The van der Waals surface area contributed by atoms with Crippen LogP contribution < -0.4 is 9.47 Å². The molecule has 11 heteroatoms. The van der Waals surface area contributed by atoms with Gasteiger partial charge in [-0.15, -0.1) is 0 Å². The van der Waals surface area contributed by atoms with E-state index in [1.165, 1.54) is 6.07 Å². The van der Waals surface area contributed by atoms with Gasteiger partial charge in [0.15, 0.2) is 11.6 Å². The Bertz CT molecular complexity index is 3590. The molecule has 6 nitrogen and oxygen atoms in total. The summed E-state index contributed by atoms with van der Waals surface area (Å²) in [6, 6.07) is 42.7. The van der Waals surface area contributed by atoms with Crippen molar-refractivity contribution in [1.29, 1.82) is 0 Å². The zero-order chi connectivity index (χ0) is 48.5. The molecule has 0 radical (unpaired) electrons. The minimum atomic E-state index is -3.35. The number of para-hydroxylation sites is 3. The Morgan fingerprint density at radius 1 is 0.464 bits per heavy atom. The van der Waals surface area contributed by atoms with E-state index in [9.17, 15) is 19.0 Å². The van der Waals surface area contributed by atoms with Gasteiger partial charge < -0.3 is 0 Å². The van der Waals surface area contributed by atoms with E-state index >= 15 is 8.78 Å². The second-order valence-electron chi connectivity index (χ2n) is 18.8. The topological polar surface area (TPSA) is 68.8 Å². The van der Waals surface area contributed by atoms with Crippen molar-refractivity contribution in [3.8, 4) is 56.6 Å². The number of rotatable bonds is 12. The van der Waals surface area contributed by atoms with Gasteiger partial charge in [0.2, 0.25) is 0 Å². The van der Waals surface area contributed by atoms with Crippen LogP contribution in [0, 0.1) is 37.1 Å². The monoisotopic (exact) mass is 988 g/mol. The second-order valence-corrected chi connectivity index (χ2v) is 30.0. The number of nitrogens with zero attached hydrogens (tertiary/aromatic N) is 2. The molecule has 0 saturated heterocycles. The summed E-state index contributed by atoms with van der Waals surface area (Å²) in [6.45, 7) is 12.5. The molecular formula is C58H50F4GeN2O4. The van der Waals surface area contributed by atoms with E-state index in [1.54, 1.807) is 12.1 Å². The van der Waals surface area contributed by atoms with Crippen LogP contribution in [0.15, 0.2) is 146 Å². The molecule has 8 aromatic carbocycles. The average molecular weight is 988 g/mol. The van der Waals surface area contributed by atoms with Crippen molar-refractivity contribution in [2.45, 2.75) is 51.0 Å². The van der Waals surface area contributed by atoms with E-state index in [1.807, 2.05) is 126 Å². The molecule has 0 saturated carbocycles. The van der Waals surface area contributed by atoms with Crippen molar-refractivity contribution in [1.82, 2.24) is 9.13 Å². The number of aromatic hydroxyl groups is 2. The molecule has 0 spiro atoms. The summed E-state index contributed by atoms with van der Waals surface area (Å²) < 4.78 is 77.0. The van der Waals surface area contributed by atoms with E-state index in [-0.39, 0.29) is 37.8 Å². The number of aryl methyl sites for hydroxylation is 2. The molecule has 69 heavy (non-hydrogen) atoms. The normalized spacial score (nSPS) is 12.1. The fourth-order valence-corrected chi connectivity index (χ4v) is 17.7. The van der Waals surface area contributed by atoms with Crippen molar-refractivity contribution in [2.75, 3.05) is 10.9 Å². The van der Waals surface area contributed by atoms with E-state index in [4.69, 9.17) is 9.47 Å². The predicted molar refractivity (Wildman–Crippen MR) is 272 cm³/mol. The first-order chi connectivity index (χ1) is 33.1. The van der Waals surface area contributed by atoms with Crippen LogP contribution in [0.4, 0.5) is 17.6 Å². The van der Waals surface area contributed by atoms with Gasteiger partial charge in [0.1, 0.15) is 0 Å². The summed E-state index contributed by atoms with van der Waals surface area (Å²) in [5.74, 6) is -3.50. The Morgan fingerprint density at radius 2 is 0.942 bits per heavy atom. The van der Waals surface area contributed by atoms with Crippen LogP contribution in [0.1, 0.15) is 38.8 Å². The molecule has 2 aromatic heterocycles. The van der Waals surface area contributed by atoms with E-state index in [0.29, 0.717) is 39.3 Å². The number of hydrogen-bond donors (Lipinski definition) is 2. The van der Waals surface area contributed by atoms with Gasteiger partial charge in [0.25, 0.3) is 0 Å². The van der Waals surface area contributed by atoms with Crippen LogP contribution >= 0.6 is 0 Å². The molecule has 0 aliphatic rings. The van der Waals surface area contributed by atoms with Crippen molar-refractivity contribution in [2.24, 2.45) is 0 Å². The molecule has 0 unspecified atom stereocenters. The number of phenols is 2. The molecular weight excluding hydrogens is 937 g/mol. The standard InChI is InChI=1S/C58H50F4GeN2O4/c1-33(2)63(34(3)4,31-68-38-20-22-53-43(28-38)41-15-9-12-18-52(41)65(53)54-25-35(5)23-42(57(54)66)37-19-21-46(59)47(60)27-37)32-69-56-30-49(62)48(61)29-44(56)45-24-36(6)26-55(58(45)67)64-50-16-10-7-13-39(50)40-14-8-11-17-51(40)64/h7-30,33-34,66-67H,31-32H2,1-6H3. The second kappa shape index (κ2) is 17.7. The third-order valence-corrected chi connectivity index (χ3v) is 26.5. The molecule has 0 fully saturated rings. The fraction of sp³-hybridized carbons (Fsp3) is 0.172. The van der Waals surface area contributed by atoms with Gasteiger partial charge in [-0.2, -0.15) is 0 Å². The molecule has 2 N–H and O–H groups in total. The van der Waals surface area contributed by atoms with Gasteiger partial charge in [-0.05, 0) is 6.07 Å². The van der Waals surface area contributed by atoms with Crippen LogP contribution in [-0.4, -0.2) is 43.5 Å². The Hall–Kier alpha value is -7.18. The summed E-state index contributed by atoms with van der Waals surface area (Å²) in [5.41, 5.74) is 7.95. The Labute approximate surface area is 400 Å². The average Bonchev–Trinajstić information content (AvgIpc) is 3.84. The van der Waals surface area contributed by atoms with Gasteiger partial charge in [-0.1, -0.05) is 0 Å². The predicted octanol–water partition coefficient (Wildman–Crippen LogP) is 15.6. The summed E-state index contributed by atoms with van der Waals surface area (Å²) in [6.07, 6.45) is 0. The molecule has 10 aromatic rings. The molecule has 10 rings (SSSR count). The van der Waals surface area contributed by atoms with Crippen molar-refractivity contribution in [3.05, 3.63) is 180 Å². The van der Waals surface area contributed by atoms with Gasteiger partial charge in [0, 0.05) is 0 Å². The first-order valence-corrected chi connectivity index (χ1v) is 28.4. The maximum absolute atomic E-state index is 15.4. The number of phenolic OH excluding ortho intramolecular Hbond substituents is 2. The number of halogens is 4. The van der Waals surface area contributed by atoms with E-state index in [0.717, 1.165) is 79.0 Å². The Balaban J connectivity index is 0.998. The van der Waals surface area contributed by atoms with Crippen LogP contribution in [0.5, 0.6) is 23.0 Å². The minimum absolute atomic E-state index is 0.0771. The fourth-order valence-electron chi connectivity index (χ4n) is 10.1. The summed E-state index contributed by atoms with van der Waals surface area (Å²) >= 11 is -3.35. The van der Waals surface area contributed by atoms with Crippen molar-refractivity contribution < 1.29 is 37.2 Å². The molecule has 0 amide bonds. The van der Waals surface area contributed by atoms with Gasteiger partial charge in [0.05, 0.1) is 0 Å². The first-order valence-electron chi connectivity index (χ1n) is 23.0. The van der Waals surface area contributed by atoms with Gasteiger partial charge in [-0.3, -0.25) is 0 Å². The quantitative estimate of drug-likeness (QED) is 0.0945. The third kappa shape index (κ3) is 7.84. The Kier molecular flexibility index (Phi) is 11.7. The number of hydrogen-bond acceptors (Lipinski definition) is 4. The van der Waals surface area contributed by atoms with Crippen molar-refractivity contribution in [3.63, 3.8) is 0 Å². The van der Waals surface area contributed by atoms with Gasteiger partial charge in [-0.25, -0.2) is 8.78 Å². The number of ether oxygens (including phenoxy) is 2. The van der Waals surface area contributed by atoms with Crippen molar-refractivity contribution >= 4 is 56.9 Å². The number of fused-ring (bicyclic) bond motifs is 6. The molecule has 2 heterocycles. The van der Waals surface area contributed by atoms with Crippen LogP contribution in [0.25, 0.3) is 77.2 Å². The first kappa shape index (κ1) is 45.6. The van der Waals surface area contributed by atoms with E-state index < -0.39 is 36.5 Å². The Morgan fingerprint density at radius 3 is 1.51 bits per heavy atom. The molecule has 0 aliphatic heterocycles. The van der Waals surface area contributed by atoms with E-state index in [2.05, 4.69) is 27.7 Å². The summed E-state index contributed by atoms with van der Waals surface area (Å²) in [4.78, 5) is 0. The van der Waals surface area contributed by atoms with Gasteiger partial charge >= 0.3 is 375 Å². The molecule has 0 bridgehead atoms. The number of aromatic nitrogens is 2. The van der Waals surface area contributed by atoms with Crippen LogP contribution in [0.3, 0.4) is 0 Å².